The molecule has 0 radical (unpaired) electrons. The Balaban J connectivity index is 2.53. The number of hydrogen-bond donors (Lipinski definition) is 2. The Labute approximate surface area is 116 Å². The van der Waals surface area contributed by atoms with E-state index in [0.717, 1.165) is 0 Å². The Hall–Kier alpha value is -2.31. The van der Waals surface area contributed by atoms with Crippen LogP contribution in [-0.4, -0.2) is 40.4 Å². The number of hydrogen-bond acceptors (Lipinski definition) is 5. The highest BCUT2D eigenvalue weighted by Crippen LogP contribution is 2.07. The van der Waals surface area contributed by atoms with E-state index in [-0.39, 0.29) is 12.5 Å². The molecular formula is C13H18N2O5. The molecule has 0 aliphatic heterocycles. The van der Waals surface area contributed by atoms with Gasteiger partial charge in [-0.25, -0.2) is 14.6 Å². The number of pyridine rings is 1. The van der Waals surface area contributed by atoms with Gasteiger partial charge in [-0.1, -0.05) is 6.07 Å². The first-order chi connectivity index (χ1) is 9.28. The number of carboxylic acids is 1. The third-order valence-electron chi connectivity index (χ3n) is 2.02. The quantitative estimate of drug-likeness (QED) is 0.848. The molecule has 7 nitrogen and oxygen atoms in total. The van der Waals surface area contributed by atoms with Gasteiger partial charge in [0.25, 0.3) is 0 Å². The normalized spacial score (nSPS) is 12.3. The van der Waals surface area contributed by atoms with Crippen LogP contribution in [0.25, 0.3) is 0 Å². The molecule has 0 aliphatic carbocycles. The second kappa shape index (κ2) is 6.74. The zero-order valence-electron chi connectivity index (χ0n) is 11.6. The maximum absolute atomic E-state index is 11.5. The molecule has 0 aromatic carbocycles. The molecule has 0 bridgehead atoms. The van der Waals surface area contributed by atoms with Crippen molar-refractivity contribution in [2.24, 2.45) is 0 Å². The molecule has 1 unspecified atom stereocenters. The number of aromatic nitrogens is 1. The van der Waals surface area contributed by atoms with Gasteiger partial charge in [-0.2, -0.15) is 0 Å². The van der Waals surface area contributed by atoms with Crippen molar-refractivity contribution < 1.29 is 24.2 Å². The smallest absolute Gasteiger partial charge is 0.408 e. The number of amides is 1. The van der Waals surface area contributed by atoms with Crippen LogP contribution in [-0.2, 0) is 9.53 Å². The fraction of sp³-hybridized carbons (Fsp3) is 0.462. The van der Waals surface area contributed by atoms with Gasteiger partial charge >= 0.3 is 12.1 Å². The van der Waals surface area contributed by atoms with Crippen LogP contribution in [0.2, 0.25) is 0 Å². The standard InChI is InChI=1S/C13H18N2O5/c1-13(2,3)20-12(18)15-9(11(16)17)8-19-10-6-4-5-7-14-10/h4-7,9H,8H2,1-3H3,(H,15,18)(H,16,17). The molecular weight excluding hydrogens is 264 g/mol. The molecule has 1 amide bonds. The van der Waals surface area contributed by atoms with Gasteiger partial charge in [-0.15, -0.1) is 0 Å². The van der Waals surface area contributed by atoms with Crippen molar-refractivity contribution in [3.63, 3.8) is 0 Å². The molecule has 1 heterocycles. The first kappa shape index (κ1) is 15.7. The van der Waals surface area contributed by atoms with Crippen molar-refractivity contribution >= 4 is 12.1 Å². The summed E-state index contributed by atoms with van der Waals surface area (Å²) in [5, 5.41) is 11.3. The summed E-state index contributed by atoms with van der Waals surface area (Å²) in [6, 6.07) is 3.79. The van der Waals surface area contributed by atoms with Gasteiger partial charge in [-0.05, 0) is 26.8 Å². The first-order valence-electron chi connectivity index (χ1n) is 6.04. The predicted octanol–water partition coefficient (Wildman–Crippen LogP) is 1.44. The van der Waals surface area contributed by atoms with Crippen LogP contribution in [0, 0.1) is 0 Å². The van der Waals surface area contributed by atoms with E-state index in [1.807, 2.05) is 0 Å². The molecule has 1 atom stereocenters. The maximum Gasteiger partial charge on any atom is 0.408 e. The molecule has 1 rings (SSSR count). The summed E-state index contributed by atoms with van der Waals surface area (Å²) in [5.74, 6) is -0.934. The second-order valence-corrected chi connectivity index (χ2v) is 5.02. The van der Waals surface area contributed by atoms with E-state index in [1.165, 1.54) is 6.20 Å². The first-order valence-corrected chi connectivity index (χ1v) is 6.04. The molecule has 0 spiro atoms. The van der Waals surface area contributed by atoms with Crippen molar-refractivity contribution in [1.82, 2.24) is 10.3 Å². The molecule has 0 aliphatic rings. The van der Waals surface area contributed by atoms with Crippen LogP contribution in [0.3, 0.4) is 0 Å². The Bertz CT molecular complexity index is 456. The third kappa shape index (κ3) is 6.03. The van der Waals surface area contributed by atoms with Gasteiger partial charge in [0.1, 0.15) is 12.2 Å². The van der Waals surface area contributed by atoms with E-state index >= 15 is 0 Å². The van der Waals surface area contributed by atoms with Crippen LogP contribution in [0.5, 0.6) is 5.88 Å². The average molecular weight is 282 g/mol. The number of alkyl carbamates (subject to hydrolysis) is 1. The molecule has 1 aromatic heterocycles. The Kier molecular flexibility index (Phi) is 5.31. The number of carboxylic acid groups (broad SMARTS) is 1. The molecule has 0 saturated heterocycles. The lowest BCUT2D eigenvalue weighted by molar-refractivity contribution is -0.140. The van der Waals surface area contributed by atoms with Crippen molar-refractivity contribution in [3.05, 3.63) is 24.4 Å². The minimum atomic E-state index is -1.22. The SMILES string of the molecule is CC(C)(C)OC(=O)NC(COc1ccccn1)C(=O)O. The molecule has 2 N–H and O–H groups in total. The Morgan fingerprint density at radius 3 is 2.60 bits per heavy atom. The second-order valence-electron chi connectivity index (χ2n) is 5.02. The van der Waals surface area contributed by atoms with E-state index in [0.29, 0.717) is 0 Å². The number of nitrogens with one attached hydrogen (secondary N) is 1. The van der Waals surface area contributed by atoms with Gasteiger partial charge in [0.05, 0.1) is 0 Å². The van der Waals surface area contributed by atoms with Crippen LogP contribution in [0.15, 0.2) is 24.4 Å². The number of rotatable bonds is 5. The molecule has 1 aromatic rings. The van der Waals surface area contributed by atoms with Gasteiger partial charge in [-0.3, -0.25) is 0 Å². The van der Waals surface area contributed by atoms with Gasteiger partial charge in [0.2, 0.25) is 5.88 Å². The van der Waals surface area contributed by atoms with Gasteiger partial charge < -0.3 is 19.9 Å². The zero-order valence-corrected chi connectivity index (χ0v) is 11.6. The molecule has 7 heteroatoms. The van der Waals surface area contributed by atoms with Gasteiger partial charge in [0.15, 0.2) is 6.04 Å². The van der Waals surface area contributed by atoms with Crippen molar-refractivity contribution in [2.45, 2.75) is 32.4 Å². The zero-order chi connectivity index (χ0) is 15.2. The lowest BCUT2D eigenvalue weighted by Crippen LogP contribution is -2.46. The fourth-order valence-electron chi connectivity index (χ4n) is 1.23. The number of nitrogens with zero attached hydrogens (tertiary/aromatic N) is 1. The summed E-state index contributed by atoms with van der Waals surface area (Å²) in [6.45, 7) is 4.82. The van der Waals surface area contributed by atoms with Crippen LogP contribution < -0.4 is 10.1 Å². The fourth-order valence-corrected chi connectivity index (χ4v) is 1.23. The molecule has 0 saturated carbocycles. The van der Waals surface area contributed by atoms with E-state index < -0.39 is 23.7 Å². The number of carbonyl (C=O) groups is 2. The summed E-state index contributed by atoms with van der Waals surface area (Å²) in [6.07, 6.45) is 0.710. The summed E-state index contributed by atoms with van der Waals surface area (Å²) < 4.78 is 10.2. The lowest BCUT2D eigenvalue weighted by Gasteiger charge is -2.21. The van der Waals surface area contributed by atoms with Crippen LogP contribution >= 0.6 is 0 Å². The van der Waals surface area contributed by atoms with Crippen LogP contribution in [0.4, 0.5) is 4.79 Å². The molecule has 20 heavy (non-hydrogen) atoms. The highest BCUT2D eigenvalue weighted by molar-refractivity contribution is 5.80. The summed E-state index contributed by atoms with van der Waals surface area (Å²) in [7, 11) is 0. The Morgan fingerprint density at radius 1 is 1.40 bits per heavy atom. The highest BCUT2D eigenvalue weighted by Gasteiger charge is 2.24. The summed E-state index contributed by atoms with van der Waals surface area (Å²) in [5.41, 5.74) is -0.699. The minimum absolute atomic E-state index is 0.244. The van der Waals surface area contributed by atoms with E-state index in [4.69, 9.17) is 14.6 Å². The van der Waals surface area contributed by atoms with Gasteiger partial charge in [0, 0.05) is 12.3 Å². The van der Waals surface area contributed by atoms with E-state index in [9.17, 15) is 9.59 Å². The van der Waals surface area contributed by atoms with Crippen molar-refractivity contribution in [2.75, 3.05) is 6.61 Å². The van der Waals surface area contributed by atoms with Crippen LogP contribution in [0.1, 0.15) is 20.8 Å². The summed E-state index contributed by atoms with van der Waals surface area (Å²) in [4.78, 5) is 26.5. The lowest BCUT2D eigenvalue weighted by atomic mass is 10.2. The number of ether oxygens (including phenoxy) is 2. The monoisotopic (exact) mass is 282 g/mol. The maximum atomic E-state index is 11.5. The highest BCUT2D eigenvalue weighted by atomic mass is 16.6. The number of aliphatic carboxylic acids is 1. The van der Waals surface area contributed by atoms with E-state index in [1.54, 1.807) is 39.0 Å². The minimum Gasteiger partial charge on any atom is -0.480 e. The van der Waals surface area contributed by atoms with Crippen molar-refractivity contribution in [3.8, 4) is 5.88 Å². The largest absolute Gasteiger partial charge is 0.480 e. The summed E-state index contributed by atoms with van der Waals surface area (Å²) >= 11 is 0. The number of carbonyl (C=O) groups excluding carboxylic acids is 1. The van der Waals surface area contributed by atoms with E-state index in [2.05, 4.69) is 10.3 Å². The molecule has 110 valence electrons. The topological polar surface area (TPSA) is 97.8 Å². The average Bonchev–Trinajstić information content (AvgIpc) is 2.33. The predicted molar refractivity (Wildman–Crippen MR) is 70.5 cm³/mol. The Morgan fingerprint density at radius 2 is 2.10 bits per heavy atom. The third-order valence-corrected chi connectivity index (χ3v) is 2.02. The van der Waals surface area contributed by atoms with Crippen molar-refractivity contribution in [1.29, 1.82) is 0 Å². The molecule has 0 fully saturated rings.